The lowest BCUT2D eigenvalue weighted by Gasteiger charge is -2.22. The predicted octanol–water partition coefficient (Wildman–Crippen LogP) is 2.40. The molecule has 0 bridgehead atoms. The first-order valence-corrected chi connectivity index (χ1v) is 11.1. The van der Waals surface area contributed by atoms with Crippen LogP contribution in [0.25, 0.3) is 10.9 Å². The summed E-state index contributed by atoms with van der Waals surface area (Å²) < 4.78 is 17.9. The van der Waals surface area contributed by atoms with Gasteiger partial charge in [-0.15, -0.1) is 5.10 Å². The maximum Gasteiger partial charge on any atom is 0.252 e. The van der Waals surface area contributed by atoms with Crippen molar-refractivity contribution in [1.82, 2.24) is 30.1 Å². The average molecular weight is 463 g/mol. The summed E-state index contributed by atoms with van der Waals surface area (Å²) in [6, 6.07) is 13.8. The Labute approximate surface area is 196 Å². The third-order valence-electron chi connectivity index (χ3n) is 5.79. The first-order chi connectivity index (χ1) is 16.6. The summed E-state index contributed by atoms with van der Waals surface area (Å²) in [6.45, 7) is 4.76. The fraction of sp³-hybridized carbons (Fsp3) is 0.333. The maximum absolute atomic E-state index is 12.9. The van der Waals surface area contributed by atoms with Gasteiger partial charge in [0, 0.05) is 31.3 Å². The van der Waals surface area contributed by atoms with Crippen molar-refractivity contribution >= 4 is 10.9 Å². The maximum atomic E-state index is 12.9. The van der Waals surface area contributed by atoms with E-state index in [0.717, 1.165) is 33.5 Å². The van der Waals surface area contributed by atoms with E-state index in [1.54, 1.807) is 11.8 Å². The highest BCUT2D eigenvalue weighted by Gasteiger charge is 2.18. The zero-order valence-corrected chi connectivity index (χ0v) is 19.2. The quantitative estimate of drug-likeness (QED) is 0.404. The lowest BCUT2D eigenvalue weighted by Crippen LogP contribution is -2.28. The van der Waals surface area contributed by atoms with Gasteiger partial charge in [0.05, 0.1) is 19.7 Å². The minimum absolute atomic E-state index is 0.106. The molecular weight excluding hydrogens is 436 g/mol. The van der Waals surface area contributed by atoms with Crippen LogP contribution in [0.5, 0.6) is 11.5 Å². The van der Waals surface area contributed by atoms with E-state index in [0.29, 0.717) is 44.2 Å². The Kier molecular flexibility index (Phi) is 6.24. The van der Waals surface area contributed by atoms with Crippen LogP contribution >= 0.6 is 0 Å². The van der Waals surface area contributed by atoms with Gasteiger partial charge in [0.25, 0.3) is 5.56 Å². The average Bonchev–Trinajstić information content (AvgIpc) is 3.47. The molecule has 4 aromatic rings. The normalized spacial score (nSPS) is 12.7. The van der Waals surface area contributed by atoms with E-state index < -0.39 is 0 Å². The molecule has 0 unspecified atom stereocenters. The smallest absolute Gasteiger partial charge is 0.252 e. The number of aromatic amines is 1. The molecule has 0 saturated heterocycles. The highest BCUT2D eigenvalue weighted by atomic mass is 16.7. The van der Waals surface area contributed by atoms with E-state index in [-0.39, 0.29) is 12.4 Å². The minimum Gasteiger partial charge on any atom is -0.454 e. The monoisotopic (exact) mass is 462 g/mol. The van der Waals surface area contributed by atoms with Gasteiger partial charge in [-0.05, 0) is 58.6 Å². The standard InChI is InChI=1S/C24H26N6O4/c1-16-3-5-20-18(9-16)11-19(24(31)25-20)13-29(14-23-26-27-28-30(23)7-8-32-2)12-17-4-6-21-22(10-17)34-15-33-21/h3-6,9-11H,7-8,12-15H2,1-2H3,(H,25,31). The van der Waals surface area contributed by atoms with Gasteiger partial charge < -0.3 is 19.2 Å². The van der Waals surface area contributed by atoms with Crippen LogP contribution in [0.4, 0.5) is 0 Å². The highest BCUT2D eigenvalue weighted by molar-refractivity contribution is 5.79. The van der Waals surface area contributed by atoms with E-state index >= 15 is 0 Å². The molecule has 176 valence electrons. The molecule has 1 aliphatic heterocycles. The second-order valence-corrected chi connectivity index (χ2v) is 8.36. The summed E-state index contributed by atoms with van der Waals surface area (Å²) in [5.74, 6) is 2.16. The van der Waals surface area contributed by atoms with Crippen molar-refractivity contribution in [3.8, 4) is 11.5 Å². The van der Waals surface area contributed by atoms with Crippen molar-refractivity contribution in [2.45, 2.75) is 33.1 Å². The van der Waals surface area contributed by atoms with E-state index in [1.165, 1.54) is 0 Å². The van der Waals surface area contributed by atoms with E-state index in [2.05, 4.69) is 31.5 Å². The molecule has 34 heavy (non-hydrogen) atoms. The summed E-state index contributed by atoms with van der Waals surface area (Å²) in [6.07, 6.45) is 0. The van der Waals surface area contributed by atoms with E-state index in [9.17, 15) is 4.79 Å². The van der Waals surface area contributed by atoms with Crippen LogP contribution in [0.2, 0.25) is 0 Å². The van der Waals surface area contributed by atoms with Gasteiger partial charge in [0.2, 0.25) is 6.79 Å². The van der Waals surface area contributed by atoms with E-state index in [1.807, 2.05) is 43.3 Å². The second-order valence-electron chi connectivity index (χ2n) is 8.36. The van der Waals surface area contributed by atoms with Gasteiger partial charge in [-0.2, -0.15) is 0 Å². The molecule has 0 spiro atoms. The van der Waals surface area contributed by atoms with Crippen LogP contribution in [0.3, 0.4) is 0 Å². The Balaban J connectivity index is 1.45. The second kappa shape index (κ2) is 9.62. The van der Waals surface area contributed by atoms with Crippen molar-refractivity contribution in [3.63, 3.8) is 0 Å². The number of aryl methyl sites for hydroxylation is 1. The summed E-state index contributed by atoms with van der Waals surface area (Å²) in [5, 5.41) is 13.1. The molecule has 2 aromatic carbocycles. The summed E-state index contributed by atoms with van der Waals surface area (Å²) in [4.78, 5) is 18.0. The number of fused-ring (bicyclic) bond motifs is 2. The number of pyridine rings is 1. The predicted molar refractivity (Wildman–Crippen MR) is 125 cm³/mol. The Morgan fingerprint density at radius 2 is 1.97 bits per heavy atom. The number of hydrogen-bond acceptors (Lipinski definition) is 8. The number of H-pyrrole nitrogens is 1. The largest absolute Gasteiger partial charge is 0.454 e. The van der Waals surface area contributed by atoms with Gasteiger partial charge in [-0.1, -0.05) is 17.7 Å². The van der Waals surface area contributed by atoms with Crippen molar-refractivity contribution in [3.05, 3.63) is 75.3 Å². The van der Waals surface area contributed by atoms with Crippen molar-refractivity contribution in [2.24, 2.45) is 0 Å². The molecule has 10 heteroatoms. The topological polar surface area (TPSA) is 107 Å². The summed E-state index contributed by atoms with van der Waals surface area (Å²) in [5.41, 5.74) is 3.57. The first-order valence-electron chi connectivity index (χ1n) is 11.1. The molecular formula is C24H26N6O4. The van der Waals surface area contributed by atoms with Crippen LogP contribution in [-0.2, 0) is 30.9 Å². The molecule has 10 nitrogen and oxygen atoms in total. The van der Waals surface area contributed by atoms with Crippen LogP contribution in [-0.4, -0.2) is 50.6 Å². The van der Waals surface area contributed by atoms with Gasteiger partial charge in [-0.25, -0.2) is 4.68 Å². The molecule has 1 aliphatic rings. The molecule has 0 atom stereocenters. The lowest BCUT2D eigenvalue weighted by molar-refractivity contribution is 0.173. The highest BCUT2D eigenvalue weighted by Crippen LogP contribution is 2.33. The number of nitrogens with zero attached hydrogens (tertiary/aromatic N) is 5. The van der Waals surface area contributed by atoms with Gasteiger partial charge in [0.15, 0.2) is 17.3 Å². The zero-order valence-electron chi connectivity index (χ0n) is 19.2. The third-order valence-corrected chi connectivity index (χ3v) is 5.79. The van der Waals surface area contributed by atoms with Crippen molar-refractivity contribution < 1.29 is 14.2 Å². The molecule has 2 aromatic heterocycles. The number of nitrogens with one attached hydrogen (secondary N) is 1. The molecule has 0 fully saturated rings. The lowest BCUT2D eigenvalue weighted by atomic mass is 10.1. The fourth-order valence-corrected chi connectivity index (χ4v) is 4.08. The van der Waals surface area contributed by atoms with Crippen molar-refractivity contribution in [2.75, 3.05) is 20.5 Å². The first kappa shape index (κ1) is 22.1. The number of methoxy groups -OCH3 is 1. The minimum atomic E-state index is -0.106. The van der Waals surface area contributed by atoms with Crippen LogP contribution in [0.1, 0.15) is 22.5 Å². The third kappa shape index (κ3) is 4.78. The van der Waals surface area contributed by atoms with Gasteiger partial charge in [0.1, 0.15) is 0 Å². The molecule has 0 radical (unpaired) electrons. The fourth-order valence-electron chi connectivity index (χ4n) is 4.08. The van der Waals surface area contributed by atoms with E-state index in [4.69, 9.17) is 14.2 Å². The summed E-state index contributed by atoms with van der Waals surface area (Å²) in [7, 11) is 1.64. The number of hydrogen-bond donors (Lipinski definition) is 1. The number of rotatable bonds is 9. The molecule has 5 rings (SSSR count). The molecule has 1 N–H and O–H groups in total. The van der Waals surface area contributed by atoms with Crippen LogP contribution in [0, 0.1) is 6.92 Å². The number of benzene rings is 2. The molecule has 0 amide bonds. The molecule has 0 saturated carbocycles. The number of ether oxygens (including phenoxy) is 3. The SMILES string of the molecule is COCCn1nnnc1CN(Cc1ccc2c(c1)OCO2)Cc1cc2cc(C)ccc2[nH]c1=O. The molecule has 3 heterocycles. The van der Waals surface area contributed by atoms with Crippen LogP contribution in [0.15, 0.2) is 47.3 Å². The number of aromatic nitrogens is 5. The Morgan fingerprint density at radius 3 is 2.85 bits per heavy atom. The van der Waals surface area contributed by atoms with Crippen LogP contribution < -0.4 is 15.0 Å². The summed E-state index contributed by atoms with van der Waals surface area (Å²) >= 11 is 0. The Hall–Kier alpha value is -3.76. The molecule has 0 aliphatic carbocycles. The zero-order chi connectivity index (χ0) is 23.5. The van der Waals surface area contributed by atoms with Gasteiger partial charge in [-0.3, -0.25) is 9.69 Å². The Bertz CT molecular complexity index is 1370. The Morgan fingerprint density at radius 1 is 1.09 bits per heavy atom. The van der Waals surface area contributed by atoms with Crippen molar-refractivity contribution in [1.29, 1.82) is 0 Å². The van der Waals surface area contributed by atoms with Gasteiger partial charge >= 0.3 is 0 Å². The number of tetrazole rings is 1.